The van der Waals surface area contributed by atoms with Crippen LogP contribution in [0.5, 0.6) is 0 Å². The molecule has 0 aliphatic heterocycles. The van der Waals surface area contributed by atoms with E-state index >= 15 is 0 Å². The summed E-state index contributed by atoms with van der Waals surface area (Å²) in [5.41, 5.74) is -1.77. The van der Waals surface area contributed by atoms with E-state index in [0.29, 0.717) is 10.7 Å². The molecule has 0 aromatic carbocycles. The lowest BCUT2D eigenvalue weighted by Crippen LogP contribution is -2.43. The zero-order chi connectivity index (χ0) is 18.4. The van der Waals surface area contributed by atoms with E-state index in [1.807, 2.05) is 0 Å². The first kappa shape index (κ1) is 16.8. The van der Waals surface area contributed by atoms with Crippen LogP contribution in [0.15, 0.2) is 42.3 Å². The molecule has 2 aromatic heterocycles. The molecule has 1 aliphatic carbocycles. The monoisotopic (exact) mass is 361 g/mol. The topological polar surface area (TPSA) is 122 Å². The summed E-state index contributed by atoms with van der Waals surface area (Å²) in [6.45, 7) is 1.30. The number of rotatable bonds is 4. The molecule has 0 saturated carbocycles. The predicted molar refractivity (Wildman–Crippen MR) is 86.4 cm³/mol. The molecule has 2 aromatic rings. The van der Waals surface area contributed by atoms with Crippen molar-refractivity contribution in [3.8, 4) is 0 Å². The number of fused-ring (bicyclic) bond motifs is 1. The number of allylic oxidation sites excluding steroid dienone is 2. The molecule has 0 radical (unpaired) electrons. The molecule has 2 N–H and O–H groups in total. The molecule has 0 amide bonds. The number of carbonyl (C=O) groups is 3. The van der Waals surface area contributed by atoms with E-state index in [0.717, 1.165) is 0 Å². The minimum Gasteiger partial charge on any atom is -0.481 e. The summed E-state index contributed by atoms with van der Waals surface area (Å²) in [4.78, 5) is 40.2. The number of ketones is 1. The molecule has 2 heterocycles. The van der Waals surface area contributed by atoms with Crippen LogP contribution in [0.2, 0.25) is 5.02 Å². The normalized spacial score (nSPS) is 22.6. The highest BCUT2D eigenvalue weighted by molar-refractivity contribution is 6.30. The van der Waals surface area contributed by atoms with Crippen LogP contribution in [-0.4, -0.2) is 42.5 Å². The van der Waals surface area contributed by atoms with Crippen LogP contribution in [0, 0.1) is 11.3 Å². The van der Waals surface area contributed by atoms with E-state index in [-0.39, 0.29) is 11.3 Å². The number of Topliss-reactive ketones (excluding diaryl/α,β-unsaturated/α-hetero) is 1. The second-order valence-corrected chi connectivity index (χ2v) is 6.21. The number of nitrogens with zero attached hydrogens (tertiary/aromatic N) is 3. The van der Waals surface area contributed by atoms with Crippen LogP contribution in [0.3, 0.4) is 0 Å². The highest BCUT2D eigenvalue weighted by Gasteiger charge is 2.49. The summed E-state index contributed by atoms with van der Waals surface area (Å²) in [6.07, 6.45) is 6.66. The molecule has 0 spiro atoms. The number of carboxylic acids is 2. The Hall–Kier alpha value is -3.00. The maximum Gasteiger partial charge on any atom is 0.332 e. The van der Waals surface area contributed by atoms with Crippen LogP contribution >= 0.6 is 11.6 Å². The minimum atomic E-state index is -1.71. The molecular weight excluding hydrogens is 350 g/mol. The zero-order valence-electron chi connectivity index (χ0n) is 12.9. The molecule has 0 saturated heterocycles. The van der Waals surface area contributed by atoms with Gasteiger partial charge in [0.2, 0.25) is 0 Å². The fourth-order valence-corrected chi connectivity index (χ4v) is 2.93. The van der Waals surface area contributed by atoms with Gasteiger partial charge in [0.05, 0.1) is 22.6 Å². The SMILES string of the molecule is CC1(C(=O)O)C=CC=C(C(=O)O)C1C(=O)c1cc2ncc(Cl)cn2n1. The molecule has 25 heavy (non-hydrogen) atoms. The van der Waals surface area contributed by atoms with E-state index in [2.05, 4.69) is 10.1 Å². The van der Waals surface area contributed by atoms with Crippen molar-refractivity contribution in [3.63, 3.8) is 0 Å². The van der Waals surface area contributed by atoms with Crippen LogP contribution < -0.4 is 0 Å². The minimum absolute atomic E-state index is 0.0882. The summed E-state index contributed by atoms with van der Waals surface area (Å²) in [5.74, 6) is -4.81. The van der Waals surface area contributed by atoms with Gasteiger partial charge in [-0.3, -0.25) is 9.59 Å². The number of aromatic nitrogens is 3. The van der Waals surface area contributed by atoms with Gasteiger partial charge in [0.15, 0.2) is 11.4 Å². The van der Waals surface area contributed by atoms with Gasteiger partial charge in [-0.15, -0.1) is 0 Å². The number of halogens is 1. The van der Waals surface area contributed by atoms with Crippen molar-refractivity contribution in [2.45, 2.75) is 6.92 Å². The summed E-state index contributed by atoms with van der Waals surface area (Å²) >= 11 is 5.83. The zero-order valence-corrected chi connectivity index (χ0v) is 13.6. The molecule has 2 unspecified atom stereocenters. The van der Waals surface area contributed by atoms with E-state index < -0.39 is 29.1 Å². The van der Waals surface area contributed by atoms with Crippen LogP contribution in [0.25, 0.3) is 5.65 Å². The Morgan fingerprint density at radius 3 is 2.68 bits per heavy atom. The van der Waals surface area contributed by atoms with Gasteiger partial charge in [-0.2, -0.15) is 5.10 Å². The van der Waals surface area contributed by atoms with Crippen molar-refractivity contribution >= 4 is 35.0 Å². The average Bonchev–Trinajstić information content (AvgIpc) is 2.96. The maximum atomic E-state index is 13.0. The Morgan fingerprint density at radius 1 is 1.32 bits per heavy atom. The third kappa shape index (κ3) is 2.70. The van der Waals surface area contributed by atoms with Crippen molar-refractivity contribution in [2.24, 2.45) is 11.3 Å². The standard InChI is InChI=1S/C16H12ClN3O5/c1-16(15(24)25)4-2-3-9(14(22)23)12(16)13(21)10-5-11-18-6-8(17)7-20(11)19-10/h2-7,12H,1H3,(H,22,23)(H,24,25). The van der Waals surface area contributed by atoms with Gasteiger partial charge in [-0.25, -0.2) is 14.3 Å². The summed E-state index contributed by atoms with van der Waals surface area (Å²) in [7, 11) is 0. The quantitative estimate of drug-likeness (QED) is 0.797. The Bertz CT molecular complexity index is 977. The molecule has 3 rings (SSSR count). The predicted octanol–water partition coefficient (Wildman–Crippen LogP) is 1.85. The fraction of sp³-hybridized carbons (Fsp3) is 0.188. The van der Waals surface area contributed by atoms with Crippen LogP contribution in [-0.2, 0) is 9.59 Å². The number of hydrogen-bond donors (Lipinski definition) is 2. The largest absolute Gasteiger partial charge is 0.481 e. The highest BCUT2D eigenvalue weighted by atomic mass is 35.5. The van der Waals surface area contributed by atoms with Gasteiger partial charge >= 0.3 is 11.9 Å². The van der Waals surface area contributed by atoms with Crippen LogP contribution in [0.1, 0.15) is 17.4 Å². The smallest absolute Gasteiger partial charge is 0.332 e. The lowest BCUT2D eigenvalue weighted by molar-refractivity contribution is -0.147. The Balaban J connectivity index is 2.12. The van der Waals surface area contributed by atoms with E-state index in [9.17, 15) is 24.6 Å². The molecule has 0 fully saturated rings. The lowest BCUT2D eigenvalue weighted by Gasteiger charge is -2.32. The Kier molecular flexibility index (Phi) is 3.92. The highest BCUT2D eigenvalue weighted by Crippen LogP contribution is 2.40. The third-order valence-electron chi connectivity index (χ3n) is 4.13. The fourth-order valence-electron chi connectivity index (χ4n) is 2.79. The Morgan fingerprint density at radius 2 is 2.04 bits per heavy atom. The average molecular weight is 362 g/mol. The third-order valence-corrected chi connectivity index (χ3v) is 4.33. The summed E-state index contributed by atoms with van der Waals surface area (Å²) < 4.78 is 1.27. The van der Waals surface area contributed by atoms with E-state index in [1.165, 1.54) is 48.1 Å². The van der Waals surface area contributed by atoms with Crippen molar-refractivity contribution in [1.82, 2.24) is 14.6 Å². The van der Waals surface area contributed by atoms with Crippen molar-refractivity contribution in [3.05, 3.63) is 53.0 Å². The first-order valence-corrected chi connectivity index (χ1v) is 7.53. The van der Waals surface area contributed by atoms with Gasteiger partial charge in [0.25, 0.3) is 0 Å². The molecule has 0 bridgehead atoms. The lowest BCUT2D eigenvalue weighted by atomic mass is 9.68. The Labute approximate surface area is 146 Å². The number of carboxylic acid groups (broad SMARTS) is 2. The number of aliphatic carboxylic acids is 2. The van der Waals surface area contributed by atoms with Gasteiger partial charge < -0.3 is 10.2 Å². The van der Waals surface area contributed by atoms with Gasteiger partial charge in [-0.05, 0) is 6.92 Å². The number of hydrogen-bond acceptors (Lipinski definition) is 5. The van der Waals surface area contributed by atoms with Crippen molar-refractivity contribution in [1.29, 1.82) is 0 Å². The van der Waals surface area contributed by atoms with Gasteiger partial charge in [0, 0.05) is 17.8 Å². The molecule has 9 heteroatoms. The molecule has 8 nitrogen and oxygen atoms in total. The summed E-state index contributed by atoms with van der Waals surface area (Å²) in [6, 6.07) is 1.36. The second-order valence-electron chi connectivity index (χ2n) is 5.78. The number of carbonyl (C=O) groups excluding carboxylic acids is 1. The molecule has 128 valence electrons. The molecular formula is C16H12ClN3O5. The summed E-state index contributed by atoms with van der Waals surface area (Å²) in [5, 5.41) is 23.3. The molecule has 1 aliphatic rings. The van der Waals surface area contributed by atoms with E-state index in [4.69, 9.17) is 11.6 Å². The maximum absolute atomic E-state index is 13.0. The van der Waals surface area contributed by atoms with Crippen molar-refractivity contribution in [2.75, 3.05) is 0 Å². The van der Waals surface area contributed by atoms with Gasteiger partial charge in [-0.1, -0.05) is 29.8 Å². The first-order valence-electron chi connectivity index (χ1n) is 7.15. The second kappa shape index (κ2) is 5.82. The van der Waals surface area contributed by atoms with Gasteiger partial charge in [0.1, 0.15) is 5.69 Å². The molecule has 2 atom stereocenters. The van der Waals surface area contributed by atoms with E-state index in [1.54, 1.807) is 0 Å². The van der Waals surface area contributed by atoms with Crippen molar-refractivity contribution < 1.29 is 24.6 Å². The first-order chi connectivity index (χ1) is 11.7. The van der Waals surface area contributed by atoms with Crippen LogP contribution in [0.4, 0.5) is 0 Å².